The summed E-state index contributed by atoms with van der Waals surface area (Å²) in [6, 6.07) is 3.17. The second kappa shape index (κ2) is 9.94. The predicted molar refractivity (Wildman–Crippen MR) is 107 cm³/mol. The highest BCUT2D eigenvalue weighted by Gasteiger charge is 2.22. The summed E-state index contributed by atoms with van der Waals surface area (Å²) in [4.78, 5) is 7.73. The summed E-state index contributed by atoms with van der Waals surface area (Å²) in [5, 5.41) is 9.24. The first-order valence-electron chi connectivity index (χ1n) is 10.6. The molecule has 3 nitrogen and oxygen atoms in total. The number of aromatic nitrogens is 2. The van der Waals surface area contributed by atoms with Crippen LogP contribution in [0, 0.1) is 23.5 Å². The highest BCUT2D eigenvalue weighted by Crippen LogP contribution is 2.35. The fraction of sp³-hybridized carbons (Fsp3) is 0.565. The Morgan fingerprint density at radius 2 is 1.57 bits per heavy atom. The van der Waals surface area contributed by atoms with Crippen LogP contribution >= 0.6 is 0 Å². The van der Waals surface area contributed by atoms with E-state index in [4.69, 9.17) is 0 Å². The number of hydrogen-bond acceptors (Lipinski definition) is 3. The molecule has 1 heterocycles. The molecule has 1 aliphatic rings. The SMILES string of the molecule is CCCCCC1CCC(CCc2ccc(-c3ncc(O)cn3)c(F)c2F)CC1. The number of hydrogen-bond donors (Lipinski definition) is 1. The highest BCUT2D eigenvalue weighted by molar-refractivity contribution is 5.56. The van der Waals surface area contributed by atoms with Crippen LogP contribution in [0.15, 0.2) is 24.5 Å². The van der Waals surface area contributed by atoms with E-state index < -0.39 is 11.6 Å². The van der Waals surface area contributed by atoms with Crippen LogP contribution in [0.4, 0.5) is 8.78 Å². The van der Waals surface area contributed by atoms with Gasteiger partial charge in [0.05, 0.1) is 18.0 Å². The van der Waals surface area contributed by atoms with Gasteiger partial charge in [-0.1, -0.05) is 64.4 Å². The van der Waals surface area contributed by atoms with Crippen LogP contribution in [0.5, 0.6) is 5.75 Å². The van der Waals surface area contributed by atoms with Gasteiger partial charge in [-0.2, -0.15) is 0 Å². The van der Waals surface area contributed by atoms with Gasteiger partial charge >= 0.3 is 0 Å². The van der Waals surface area contributed by atoms with Crippen molar-refractivity contribution < 1.29 is 13.9 Å². The smallest absolute Gasteiger partial charge is 0.170 e. The standard InChI is InChI=1S/C23H30F2N2O/c1-2-3-4-5-16-6-8-17(9-7-16)10-11-18-12-13-20(22(25)21(18)24)23-26-14-19(28)15-27-23/h12-17,28H,2-11H2,1H3. The molecule has 28 heavy (non-hydrogen) atoms. The summed E-state index contributed by atoms with van der Waals surface area (Å²) in [5.41, 5.74) is 0.443. The predicted octanol–water partition coefficient (Wildman–Crippen LogP) is 6.45. The summed E-state index contributed by atoms with van der Waals surface area (Å²) in [7, 11) is 0. The Morgan fingerprint density at radius 3 is 2.21 bits per heavy atom. The molecule has 0 spiro atoms. The summed E-state index contributed by atoms with van der Waals surface area (Å²) < 4.78 is 29.0. The molecule has 3 rings (SSSR count). The quantitative estimate of drug-likeness (QED) is 0.529. The molecule has 0 radical (unpaired) electrons. The van der Waals surface area contributed by atoms with Gasteiger partial charge in [-0.25, -0.2) is 18.7 Å². The van der Waals surface area contributed by atoms with Gasteiger partial charge in [0.1, 0.15) is 0 Å². The molecule has 0 aliphatic heterocycles. The molecule has 1 aromatic carbocycles. The van der Waals surface area contributed by atoms with Crippen LogP contribution in [-0.4, -0.2) is 15.1 Å². The monoisotopic (exact) mass is 388 g/mol. The molecule has 1 N–H and O–H groups in total. The van der Waals surface area contributed by atoms with Gasteiger partial charge in [0.15, 0.2) is 23.2 Å². The Bertz CT molecular complexity index is 756. The lowest BCUT2D eigenvalue weighted by Gasteiger charge is -2.28. The molecular formula is C23H30F2N2O. The van der Waals surface area contributed by atoms with Crippen molar-refractivity contribution in [2.24, 2.45) is 11.8 Å². The van der Waals surface area contributed by atoms with Crippen molar-refractivity contribution in [3.05, 3.63) is 41.7 Å². The average molecular weight is 389 g/mol. The molecule has 1 aromatic heterocycles. The van der Waals surface area contributed by atoms with Gasteiger partial charge < -0.3 is 5.11 Å². The maximum absolute atomic E-state index is 14.5. The van der Waals surface area contributed by atoms with E-state index in [1.165, 1.54) is 69.8 Å². The Kier molecular flexibility index (Phi) is 7.35. The zero-order valence-corrected chi connectivity index (χ0v) is 16.6. The lowest BCUT2D eigenvalue weighted by molar-refractivity contribution is 0.248. The van der Waals surface area contributed by atoms with Gasteiger partial charge in [-0.3, -0.25) is 0 Å². The lowest BCUT2D eigenvalue weighted by atomic mass is 9.77. The minimum absolute atomic E-state index is 0.0221. The van der Waals surface area contributed by atoms with Crippen LogP contribution in [0.25, 0.3) is 11.4 Å². The summed E-state index contributed by atoms with van der Waals surface area (Å²) >= 11 is 0. The van der Waals surface area contributed by atoms with Crippen molar-refractivity contribution >= 4 is 0 Å². The lowest BCUT2D eigenvalue weighted by Crippen LogP contribution is -2.15. The Labute approximate surface area is 166 Å². The van der Waals surface area contributed by atoms with E-state index in [1.807, 2.05) is 0 Å². The first kappa shape index (κ1) is 20.7. The topological polar surface area (TPSA) is 46.0 Å². The number of halogens is 2. The van der Waals surface area contributed by atoms with E-state index in [9.17, 15) is 13.9 Å². The third kappa shape index (κ3) is 5.27. The van der Waals surface area contributed by atoms with Crippen molar-refractivity contribution in [1.29, 1.82) is 0 Å². The van der Waals surface area contributed by atoms with Gasteiger partial charge in [0, 0.05) is 0 Å². The molecule has 2 aromatic rings. The summed E-state index contributed by atoms with van der Waals surface area (Å²) in [6.07, 6.45) is 14.1. The first-order valence-corrected chi connectivity index (χ1v) is 10.6. The highest BCUT2D eigenvalue weighted by atomic mass is 19.2. The summed E-state index contributed by atoms with van der Waals surface area (Å²) in [6.45, 7) is 2.24. The van der Waals surface area contributed by atoms with Crippen LogP contribution < -0.4 is 0 Å². The number of unbranched alkanes of at least 4 members (excludes halogenated alkanes) is 2. The third-order valence-corrected chi connectivity index (χ3v) is 6.05. The number of aryl methyl sites for hydroxylation is 1. The molecule has 0 unspecified atom stereocenters. The zero-order valence-electron chi connectivity index (χ0n) is 16.6. The van der Waals surface area contributed by atoms with Crippen molar-refractivity contribution in [3.63, 3.8) is 0 Å². The van der Waals surface area contributed by atoms with E-state index in [2.05, 4.69) is 16.9 Å². The van der Waals surface area contributed by atoms with Gasteiger partial charge in [0.2, 0.25) is 0 Å². The third-order valence-electron chi connectivity index (χ3n) is 6.05. The number of benzene rings is 1. The van der Waals surface area contributed by atoms with Gasteiger partial charge in [-0.15, -0.1) is 0 Å². The Morgan fingerprint density at radius 1 is 0.929 bits per heavy atom. The van der Waals surface area contributed by atoms with Crippen LogP contribution in [-0.2, 0) is 6.42 Å². The van der Waals surface area contributed by atoms with Crippen LogP contribution in [0.2, 0.25) is 0 Å². The minimum atomic E-state index is -0.914. The fourth-order valence-corrected chi connectivity index (χ4v) is 4.27. The molecule has 0 saturated heterocycles. The molecule has 0 bridgehead atoms. The van der Waals surface area contributed by atoms with Crippen molar-refractivity contribution in [2.75, 3.05) is 0 Å². The second-order valence-corrected chi connectivity index (χ2v) is 8.09. The summed E-state index contributed by atoms with van der Waals surface area (Å²) in [5.74, 6) is -0.278. The van der Waals surface area contributed by atoms with Crippen LogP contribution in [0.1, 0.15) is 70.3 Å². The molecule has 1 aliphatic carbocycles. The van der Waals surface area contributed by atoms with E-state index in [1.54, 1.807) is 6.07 Å². The average Bonchev–Trinajstić information content (AvgIpc) is 2.71. The number of rotatable bonds is 8. The molecule has 152 valence electrons. The fourth-order valence-electron chi connectivity index (χ4n) is 4.27. The van der Waals surface area contributed by atoms with Crippen LogP contribution in [0.3, 0.4) is 0 Å². The van der Waals surface area contributed by atoms with Crippen molar-refractivity contribution in [1.82, 2.24) is 9.97 Å². The largest absolute Gasteiger partial charge is 0.505 e. The first-order chi connectivity index (χ1) is 13.6. The second-order valence-electron chi connectivity index (χ2n) is 8.09. The van der Waals surface area contributed by atoms with E-state index >= 15 is 0 Å². The van der Waals surface area contributed by atoms with E-state index in [0.29, 0.717) is 17.9 Å². The molecule has 1 fully saturated rings. The van der Waals surface area contributed by atoms with Crippen molar-refractivity contribution in [3.8, 4) is 17.1 Å². The molecule has 1 saturated carbocycles. The normalized spacial score (nSPS) is 19.7. The Hall–Kier alpha value is -2.04. The van der Waals surface area contributed by atoms with E-state index in [-0.39, 0.29) is 17.1 Å². The Balaban J connectivity index is 1.54. The molecule has 0 atom stereocenters. The maximum atomic E-state index is 14.5. The van der Waals surface area contributed by atoms with Crippen molar-refractivity contribution in [2.45, 2.75) is 71.1 Å². The molecule has 5 heteroatoms. The number of nitrogens with zero attached hydrogens (tertiary/aromatic N) is 2. The van der Waals surface area contributed by atoms with Gasteiger partial charge in [0.25, 0.3) is 0 Å². The van der Waals surface area contributed by atoms with Gasteiger partial charge in [-0.05, 0) is 36.3 Å². The van der Waals surface area contributed by atoms with E-state index in [0.717, 1.165) is 12.3 Å². The zero-order chi connectivity index (χ0) is 19.9. The maximum Gasteiger partial charge on any atom is 0.170 e. The number of aromatic hydroxyl groups is 1. The molecular weight excluding hydrogens is 358 g/mol. The minimum Gasteiger partial charge on any atom is -0.505 e. The molecule has 0 amide bonds.